The first-order valence-electron chi connectivity index (χ1n) is 7.57. The molecule has 2 aromatic rings. The number of hydrogen-bond acceptors (Lipinski definition) is 2. The first-order valence-corrected chi connectivity index (χ1v) is 7.57. The minimum atomic E-state index is 0.700. The molecule has 0 aromatic heterocycles. The largest absolute Gasteiger partial charge is 0.494 e. The van der Waals surface area contributed by atoms with E-state index >= 15 is 0 Å². The summed E-state index contributed by atoms with van der Waals surface area (Å²) in [4.78, 5) is 0. The van der Waals surface area contributed by atoms with Crippen LogP contribution in [0.2, 0.25) is 0 Å². The molecule has 0 amide bonds. The minimum Gasteiger partial charge on any atom is -0.494 e. The molecule has 0 N–H and O–H groups in total. The van der Waals surface area contributed by atoms with E-state index in [0.29, 0.717) is 6.61 Å². The standard InChI is InChI=1S/C19H24O2/c1-16-9-11-19(12-10-16)21-14-6-5-13-20-15-18-8-4-3-7-17(18)2/h3-4,7-12H,5-6,13-15H2,1-2H3. The highest BCUT2D eigenvalue weighted by atomic mass is 16.5. The summed E-state index contributed by atoms with van der Waals surface area (Å²) in [5.74, 6) is 0.946. The average Bonchev–Trinajstić information content (AvgIpc) is 2.50. The van der Waals surface area contributed by atoms with E-state index in [-0.39, 0.29) is 0 Å². The molecule has 2 rings (SSSR count). The van der Waals surface area contributed by atoms with E-state index in [9.17, 15) is 0 Å². The maximum atomic E-state index is 5.71. The molecule has 0 radical (unpaired) electrons. The predicted octanol–water partition coefficient (Wildman–Crippen LogP) is 4.68. The fourth-order valence-corrected chi connectivity index (χ4v) is 2.08. The lowest BCUT2D eigenvalue weighted by molar-refractivity contribution is 0.113. The van der Waals surface area contributed by atoms with Crippen molar-refractivity contribution in [1.29, 1.82) is 0 Å². The van der Waals surface area contributed by atoms with Crippen LogP contribution >= 0.6 is 0 Å². The summed E-state index contributed by atoms with van der Waals surface area (Å²) in [6.45, 7) is 6.43. The quantitative estimate of drug-likeness (QED) is 0.655. The van der Waals surface area contributed by atoms with Crippen molar-refractivity contribution in [2.24, 2.45) is 0 Å². The van der Waals surface area contributed by atoms with Gasteiger partial charge in [-0.1, -0.05) is 42.0 Å². The lowest BCUT2D eigenvalue weighted by Crippen LogP contribution is -2.01. The van der Waals surface area contributed by atoms with E-state index in [1.54, 1.807) is 0 Å². The summed E-state index contributed by atoms with van der Waals surface area (Å²) in [5, 5.41) is 0. The van der Waals surface area contributed by atoms with Gasteiger partial charge in [0.15, 0.2) is 0 Å². The van der Waals surface area contributed by atoms with Gasteiger partial charge in [-0.3, -0.25) is 0 Å². The molecule has 0 spiro atoms. The fraction of sp³-hybridized carbons (Fsp3) is 0.368. The summed E-state index contributed by atoms with van der Waals surface area (Å²) in [6, 6.07) is 16.5. The van der Waals surface area contributed by atoms with Gasteiger partial charge in [0.2, 0.25) is 0 Å². The van der Waals surface area contributed by atoms with Gasteiger partial charge in [0.25, 0.3) is 0 Å². The Bertz CT molecular complexity index is 532. The molecule has 0 aliphatic carbocycles. The van der Waals surface area contributed by atoms with Crippen LogP contribution in [0.4, 0.5) is 0 Å². The van der Waals surface area contributed by atoms with E-state index in [0.717, 1.165) is 31.8 Å². The Kier molecular flexibility index (Phi) is 6.29. The van der Waals surface area contributed by atoms with Gasteiger partial charge in [-0.2, -0.15) is 0 Å². The topological polar surface area (TPSA) is 18.5 Å². The average molecular weight is 284 g/mol. The van der Waals surface area contributed by atoms with Crippen molar-refractivity contribution in [2.75, 3.05) is 13.2 Å². The number of aryl methyl sites for hydroxylation is 2. The normalized spacial score (nSPS) is 10.6. The molecule has 0 saturated heterocycles. The third-order valence-corrected chi connectivity index (χ3v) is 3.49. The first-order chi connectivity index (χ1) is 10.3. The molecule has 0 fully saturated rings. The van der Waals surface area contributed by atoms with Gasteiger partial charge in [0.1, 0.15) is 5.75 Å². The second-order valence-corrected chi connectivity index (χ2v) is 5.35. The van der Waals surface area contributed by atoms with Crippen LogP contribution in [-0.2, 0) is 11.3 Å². The maximum Gasteiger partial charge on any atom is 0.119 e. The second kappa shape index (κ2) is 8.48. The number of hydrogen-bond donors (Lipinski definition) is 0. The van der Waals surface area contributed by atoms with Crippen LogP contribution in [0.15, 0.2) is 48.5 Å². The Hall–Kier alpha value is -1.80. The Morgan fingerprint density at radius 2 is 1.52 bits per heavy atom. The van der Waals surface area contributed by atoms with Crippen LogP contribution in [0.1, 0.15) is 29.5 Å². The van der Waals surface area contributed by atoms with Crippen molar-refractivity contribution in [2.45, 2.75) is 33.3 Å². The summed E-state index contributed by atoms with van der Waals surface area (Å²) < 4.78 is 11.4. The molecule has 21 heavy (non-hydrogen) atoms. The smallest absolute Gasteiger partial charge is 0.119 e. The maximum absolute atomic E-state index is 5.71. The molecular formula is C19H24O2. The number of rotatable bonds is 8. The van der Waals surface area contributed by atoms with Crippen molar-refractivity contribution in [3.63, 3.8) is 0 Å². The molecule has 0 aliphatic heterocycles. The Labute approximate surface area is 127 Å². The van der Waals surface area contributed by atoms with Crippen LogP contribution in [-0.4, -0.2) is 13.2 Å². The van der Waals surface area contributed by atoms with Gasteiger partial charge in [0, 0.05) is 6.61 Å². The van der Waals surface area contributed by atoms with Gasteiger partial charge in [-0.05, 0) is 49.9 Å². The number of ether oxygens (including phenoxy) is 2. The first kappa shape index (κ1) is 15.6. The van der Waals surface area contributed by atoms with Gasteiger partial charge < -0.3 is 9.47 Å². The van der Waals surface area contributed by atoms with Crippen molar-refractivity contribution in [3.8, 4) is 5.75 Å². The molecule has 2 aromatic carbocycles. The molecule has 2 heteroatoms. The lowest BCUT2D eigenvalue weighted by Gasteiger charge is -2.08. The molecule has 0 atom stereocenters. The second-order valence-electron chi connectivity index (χ2n) is 5.35. The van der Waals surface area contributed by atoms with E-state index in [4.69, 9.17) is 9.47 Å². The van der Waals surface area contributed by atoms with Crippen LogP contribution in [0, 0.1) is 13.8 Å². The highest BCUT2D eigenvalue weighted by molar-refractivity contribution is 5.26. The zero-order valence-corrected chi connectivity index (χ0v) is 13.0. The minimum absolute atomic E-state index is 0.700. The van der Waals surface area contributed by atoms with Gasteiger partial charge in [0.05, 0.1) is 13.2 Å². The molecule has 112 valence electrons. The molecule has 0 unspecified atom stereocenters. The Morgan fingerprint density at radius 3 is 2.29 bits per heavy atom. The molecule has 0 saturated carbocycles. The third kappa shape index (κ3) is 5.60. The third-order valence-electron chi connectivity index (χ3n) is 3.49. The van der Waals surface area contributed by atoms with Crippen molar-refractivity contribution in [3.05, 3.63) is 65.2 Å². The van der Waals surface area contributed by atoms with Crippen LogP contribution in [0.5, 0.6) is 5.75 Å². The predicted molar refractivity (Wildman–Crippen MR) is 86.7 cm³/mol. The summed E-state index contributed by atoms with van der Waals surface area (Å²) in [7, 11) is 0. The summed E-state index contributed by atoms with van der Waals surface area (Å²) in [5.41, 5.74) is 3.82. The Morgan fingerprint density at radius 1 is 0.810 bits per heavy atom. The monoisotopic (exact) mass is 284 g/mol. The summed E-state index contributed by atoms with van der Waals surface area (Å²) in [6.07, 6.45) is 2.04. The SMILES string of the molecule is Cc1ccc(OCCCCOCc2ccccc2C)cc1. The number of unbranched alkanes of at least 4 members (excludes halogenated alkanes) is 1. The zero-order valence-electron chi connectivity index (χ0n) is 13.0. The van der Waals surface area contributed by atoms with E-state index in [1.807, 2.05) is 12.1 Å². The van der Waals surface area contributed by atoms with Crippen molar-refractivity contribution in [1.82, 2.24) is 0 Å². The van der Waals surface area contributed by atoms with Gasteiger partial charge in [-0.15, -0.1) is 0 Å². The van der Waals surface area contributed by atoms with Crippen LogP contribution in [0.25, 0.3) is 0 Å². The van der Waals surface area contributed by atoms with Gasteiger partial charge >= 0.3 is 0 Å². The molecule has 2 nitrogen and oxygen atoms in total. The van der Waals surface area contributed by atoms with Gasteiger partial charge in [-0.25, -0.2) is 0 Å². The zero-order chi connectivity index (χ0) is 14.9. The van der Waals surface area contributed by atoms with Crippen LogP contribution < -0.4 is 4.74 Å². The van der Waals surface area contributed by atoms with Crippen molar-refractivity contribution >= 4 is 0 Å². The number of benzene rings is 2. The van der Waals surface area contributed by atoms with Crippen molar-refractivity contribution < 1.29 is 9.47 Å². The highest BCUT2D eigenvalue weighted by Crippen LogP contribution is 2.12. The molecule has 0 heterocycles. The Balaban J connectivity index is 1.54. The lowest BCUT2D eigenvalue weighted by atomic mass is 10.1. The van der Waals surface area contributed by atoms with E-state index in [1.165, 1.54) is 16.7 Å². The molecule has 0 bridgehead atoms. The molecule has 0 aliphatic rings. The van der Waals surface area contributed by atoms with E-state index < -0.39 is 0 Å². The summed E-state index contributed by atoms with van der Waals surface area (Å²) >= 11 is 0. The van der Waals surface area contributed by atoms with Crippen LogP contribution in [0.3, 0.4) is 0 Å². The fourth-order valence-electron chi connectivity index (χ4n) is 2.08. The molecular weight excluding hydrogens is 260 g/mol. The highest BCUT2D eigenvalue weighted by Gasteiger charge is 1.97. The van der Waals surface area contributed by atoms with E-state index in [2.05, 4.69) is 50.2 Å².